The fourth-order valence-corrected chi connectivity index (χ4v) is 2.48. The van der Waals surface area contributed by atoms with Crippen LogP contribution in [-0.2, 0) is 11.3 Å². The Bertz CT molecular complexity index is 589. The van der Waals surface area contributed by atoms with Crippen molar-refractivity contribution in [2.45, 2.75) is 46.2 Å². The molecule has 0 bridgehead atoms. The average molecular weight is 285 g/mol. The zero-order chi connectivity index (χ0) is 15.2. The second-order valence-electron chi connectivity index (χ2n) is 5.34. The molecule has 1 heterocycles. The van der Waals surface area contributed by atoms with Crippen LogP contribution in [0.4, 0.5) is 0 Å². The third kappa shape index (κ3) is 4.18. The van der Waals surface area contributed by atoms with Crippen molar-refractivity contribution in [2.24, 2.45) is 0 Å². The fraction of sp³-hybridized carbons (Fsp3) is 0.412. The van der Waals surface area contributed by atoms with Crippen molar-refractivity contribution >= 4 is 5.91 Å². The molecular weight excluding hydrogens is 262 g/mol. The molecule has 2 rings (SSSR count). The van der Waals surface area contributed by atoms with E-state index in [4.69, 9.17) is 0 Å². The molecule has 4 nitrogen and oxygen atoms in total. The Morgan fingerprint density at radius 1 is 1.29 bits per heavy atom. The zero-order valence-electron chi connectivity index (χ0n) is 13.0. The largest absolute Gasteiger partial charge is 0.349 e. The molecule has 0 saturated carbocycles. The number of hydrogen-bond acceptors (Lipinski definition) is 2. The van der Waals surface area contributed by atoms with Crippen molar-refractivity contribution in [2.75, 3.05) is 0 Å². The van der Waals surface area contributed by atoms with Gasteiger partial charge in [-0.25, -0.2) is 0 Å². The molecule has 112 valence electrons. The maximum absolute atomic E-state index is 12.1. The van der Waals surface area contributed by atoms with Gasteiger partial charge in [-0.1, -0.05) is 37.3 Å². The molecule has 0 aliphatic rings. The molecule has 21 heavy (non-hydrogen) atoms. The van der Waals surface area contributed by atoms with Gasteiger partial charge in [0.2, 0.25) is 5.91 Å². The van der Waals surface area contributed by atoms with Crippen molar-refractivity contribution in [3.63, 3.8) is 0 Å². The number of nitrogens with one attached hydrogen (secondary N) is 1. The molecule has 0 spiro atoms. The minimum absolute atomic E-state index is 0.0678. The second-order valence-corrected chi connectivity index (χ2v) is 5.34. The first-order valence-corrected chi connectivity index (χ1v) is 7.45. The van der Waals surface area contributed by atoms with Gasteiger partial charge in [-0.2, -0.15) is 5.10 Å². The van der Waals surface area contributed by atoms with Gasteiger partial charge in [-0.05, 0) is 31.9 Å². The highest BCUT2D eigenvalue weighted by Crippen LogP contribution is 2.16. The minimum atomic E-state index is 0.0678. The van der Waals surface area contributed by atoms with Crippen LogP contribution in [0.15, 0.2) is 36.4 Å². The molecule has 4 heteroatoms. The van der Waals surface area contributed by atoms with Gasteiger partial charge in [0.05, 0.1) is 11.7 Å². The third-order valence-corrected chi connectivity index (χ3v) is 3.60. The molecule has 0 radical (unpaired) electrons. The van der Waals surface area contributed by atoms with Crippen LogP contribution in [-0.4, -0.2) is 15.7 Å². The zero-order valence-corrected chi connectivity index (χ0v) is 13.0. The number of carbonyl (C=O) groups excluding carboxylic acids is 1. The van der Waals surface area contributed by atoms with Crippen molar-refractivity contribution in [3.8, 4) is 0 Å². The highest BCUT2D eigenvalue weighted by Gasteiger charge is 2.12. The van der Waals surface area contributed by atoms with Gasteiger partial charge < -0.3 is 5.32 Å². The summed E-state index contributed by atoms with van der Waals surface area (Å²) in [4.78, 5) is 12.1. The standard InChI is InChI=1S/C17H23N3O/c1-4-16(15-8-6-5-7-9-15)18-17(21)10-11-20-14(3)12-13(2)19-20/h5-9,12,16H,4,10-11H2,1-3H3,(H,18,21)/t16-/m1/s1. The number of rotatable bonds is 6. The maximum Gasteiger partial charge on any atom is 0.222 e. The summed E-state index contributed by atoms with van der Waals surface area (Å²) < 4.78 is 1.89. The normalized spacial score (nSPS) is 12.1. The second kappa shape index (κ2) is 7.07. The summed E-state index contributed by atoms with van der Waals surface area (Å²) in [5, 5.41) is 7.48. The molecule has 1 atom stereocenters. The molecule has 1 amide bonds. The highest BCUT2D eigenvalue weighted by molar-refractivity contribution is 5.76. The Morgan fingerprint density at radius 2 is 2.00 bits per heavy atom. The van der Waals surface area contributed by atoms with E-state index in [2.05, 4.69) is 29.5 Å². The highest BCUT2D eigenvalue weighted by atomic mass is 16.1. The summed E-state index contributed by atoms with van der Waals surface area (Å²) in [5.41, 5.74) is 3.23. The lowest BCUT2D eigenvalue weighted by Crippen LogP contribution is -2.29. The number of aromatic nitrogens is 2. The van der Waals surface area contributed by atoms with E-state index in [9.17, 15) is 4.79 Å². The van der Waals surface area contributed by atoms with Crippen molar-refractivity contribution in [1.29, 1.82) is 0 Å². The Balaban J connectivity index is 1.90. The van der Waals surface area contributed by atoms with Gasteiger partial charge in [0, 0.05) is 18.7 Å². The lowest BCUT2D eigenvalue weighted by molar-refractivity contribution is -0.122. The predicted octanol–water partition coefficient (Wildman–Crippen LogP) is 3.16. The molecular formula is C17H23N3O. The topological polar surface area (TPSA) is 46.9 Å². The summed E-state index contributed by atoms with van der Waals surface area (Å²) in [6, 6.07) is 12.2. The van der Waals surface area contributed by atoms with Crippen LogP contribution >= 0.6 is 0 Å². The van der Waals surface area contributed by atoms with E-state index in [-0.39, 0.29) is 11.9 Å². The molecule has 0 saturated heterocycles. The maximum atomic E-state index is 12.1. The van der Waals surface area contributed by atoms with Crippen molar-refractivity contribution < 1.29 is 4.79 Å². The molecule has 0 aliphatic heterocycles. The van der Waals surface area contributed by atoms with E-state index < -0.39 is 0 Å². The van der Waals surface area contributed by atoms with Gasteiger partial charge in [0.1, 0.15) is 0 Å². The molecule has 0 aliphatic carbocycles. The Morgan fingerprint density at radius 3 is 2.57 bits per heavy atom. The Labute approximate surface area is 126 Å². The van der Waals surface area contributed by atoms with Gasteiger partial charge in [0.15, 0.2) is 0 Å². The van der Waals surface area contributed by atoms with E-state index in [1.807, 2.05) is 42.8 Å². The van der Waals surface area contributed by atoms with E-state index in [1.165, 1.54) is 0 Å². The lowest BCUT2D eigenvalue weighted by Gasteiger charge is -2.17. The molecule has 2 aromatic rings. The number of carbonyl (C=O) groups is 1. The SMILES string of the molecule is CC[C@@H](NC(=O)CCn1nc(C)cc1C)c1ccccc1. The average Bonchev–Trinajstić information content (AvgIpc) is 2.81. The predicted molar refractivity (Wildman–Crippen MR) is 83.9 cm³/mol. The number of nitrogens with zero attached hydrogens (tertiary/aromatic N) is 2. The molecule has 1 aromatic heterocycles. The fourth-order valence-electron chi connectivity index (χ4n) is 2.48. The first-order valence-electron chi connectivity index (χ1n) is 7.45. The van der Waals surface area contributed by atoms with Gasteiger partial charge in [-0.3, -0.25) is 9.48 Å². The van der Waals surface area contributed by atoms with E-state index in [0.717, 1.165) is 23.4 Å². The smallest absolute Gasteiger partial charge is 0.222 e. The van der Waals surface area contributed by atoms with Crippen LogP contribution in [0.5, 0.6) is 0 Å². The van der Waals surface area contributed by atoms with E-state index >= 15 is 0 Å². The molecule has 0 fully saturated rings. The molecule has 1 aromatic carbocycles. The van der Waals surface area contributed by atoms with E-state index in [1.54, 1.807) is 0 Å². The summed E-state index contributed by atoms with van der Waals surface area (Å²) in [6.07, 6.45) is 1.33. The quantitative estimate of drug-likeness (QED) is 0.886. The first kappa shape index (κ1) is 15.3. The van der Waals surface area contributed by atoms with Crippen LogP contribution in [0, 0.1) is 13.8 Å². The van der Waals surface area contributed by atoms with Crippen LogP contribution in [0.3, 0.4) is 0 Å². The summed E-state index contributed by atoms with van der Waals surface area (Å²) in [7, 11) is 0. The lowest BCUT2D eigenvalue weighted by atomic mass is 10.0. The first-order chi connectivity index (χ1) is 10.1. The van der Waals surface area contributed by atoms with Crippen LogP contribution < -0.4 is 5.32 Å². The van der Waals surface area contributed by atoms with Crippen LogP contribution in [0.2, 0.25) is 0 Å². The third-order valence-electron chi connectivity index (χ3n) is 3.60. The van der Waals surface area contributed by atoms with Gasteiger partial charge in [-0.15, -0.1) is 0 Å². The Hall–Kier alpha value is -2.10. The van der Waals surface area contributed by atoms with E-state index in [0.29, 0.717) is 13.0 Å². The van der Waals surface area contributed by atoms with Crippen LogP contribution in [0.1, 0.15) is 42.8 Å². The summed E-state index contributed by atoms with van der Waals surface area (Å²) >= 11 is 0. The minimum Gasteiger partial charge on any atom is -0.349 e. The number of aryl methyl sites for hydroxylation is 3. The molecule has 0 unspecified atom stereocenters. The summed E-state index contributed by atoms with van der Waals surface area (Å²) in [5.74, 6) is 0.0678. The van der Waals surface area contributed by atoms with Crippen LogP contribution in [0.25, 0.3) is 0 Å². The molecule has 1 N–H and O–H groups in total. The van der Waals surface area contributed by atoms with Crippen molar-refractivity contribution in [1.82, 2.24) is 15.1 Å². The van der Waals surface area contributed by atoms with Gasteiger partial charge in [0.25, 0.3) is 0 Å². The number of amides is 1. The van der Waals surface area contributed by atoms with Gasteiger partial charge >= 0.3 is 0 Å². The summed E-state index contributed by atoms with van der Waals surface area (Å²) in [6.45, 7) is 6.68. The monoisotopic (exact) mass is 285 g/mol. The number of benzene rings is 1. The van der Waals surface area contributed by atoms with Crippen molar-refractivity contribution in [3.05, 3.63) is 53.3 Å². The number of hydrogen-bond donors (Lipinski definition) is 1. The Kier molecular flexibility index (Phi) is 5.14.